The Bertz CT molecular complexity index is 496. The fourth-order valence-corrected chi connectivity index (χ4v) is 3.11. The number of nitrogens with zero attached hydrogens (tertiary/aromatic N) is 3. The molecule has 21 heavy (non-hydrogen) atoms. The van der Waals surface area contributed by atoms with Crippen molar-refractivity contribution in [3.05, 3.63) is 11.7 Å². The van der Waals surface area contributed by atoms with Crippen LogP contribution in [0.25, 0.3) is 0 Å². The van der Waals surface area contributed by atoms with Crippen molar-refractivity contribution in [2.24, 2.45) is 0 Å². The highest BCUT2D eigenvalue weighted by Crippen LogP contribution is 2.36. The lowest BCUT2D eigenvalue weighted by Crippen LogP contribution is -2.32. The van der Waals surface area contributed by atoms with Crippen LogP contribution in [0.2, 0.25) is 0 Å². The van der Waals surface area contributed by atoms with Crippen molar-refractivity contribution < 1.29 is 18.8 Å². The van der Waals surface area contributed by atoms with Gasteiger partial charge in [-0.3, -0.25) is 4.79 Å². The molecule has 2 fully saturated rings. The van der Waals surface area contributed by atoms with Gasteiger partial charge in [0.15, 0.2) is 5.82 Å². The van der Waals surface area contributed by atoms with Gasteiger partial charge in [-0.15, -0.1) is 0 Å². The number of ether oxygens (including phenoxy) is 2. The molecule has 0 unspecified atom stereocenters. The van der Waals surface area contributed by atoms with E-state index >= 15 is 0 Å². The number of carbonyl (C=O) groups excluding carboxylic acids is 1. The monoisotopic (exact) mass is 295 g/mol. The first-order valence-corrected chi connectivity index (χ1v) is 7.43. The molecule has 1 aromatic rings. The molecule has 0 radical (unpaired) electrons. The van der Waals surface area contributed by atoms with Crippen molar-refractivity contribution >= 4 is 5.91 Å². The summed E-state index contributed by atoms with van der Waals surface area (Å²) in [6, 6.07) is 0. The zero-order chi connectivity index (χ0) is 14.7. The van der Waals surface area contributed by atoms with E-state index in [4.69, 9.17) is 14.0 Å². The molecular formula is C14H21N3O4. The van der Waals surface area contributed by atoms with E-state index in [1.165, 1.54) is 0 Å². The molecule has 0 N–H and O–H groups in total. The fourth-order valence-electron chi connectivity index (χ4n) is 3.11. The third-order valence-corrected chi connectivity index (χ3v) is 4.28. The minimum Gasteiger partial charge on any atom is -0.375 e. The number of hydrogen-bond acceptors (Lipinski definition) is 6. The van der Waals surface area contributed by atoms with E-state index < -0.39 is 0 Å². The molecule has 0 aromatic carbocycles. The molecule has 7 heteroatoms. The SMILES string of the molecule is COCc1nc(CN2CC[C@@]3(CCCO3)CCC2=O)no1. The van der Waals surface area contributed by atoms with Crippen molar-refractivity contribution in [2.45, 2.75) is 50.9 Å². The van der Waals surface area contributed by atoms with Crippen LogP contribution in [-0.2, 0) is 27.4 Å². The van der Waals surface area contributed by atoms with Gasteiger partial charge in [0.1, 0.15) is 6.61 Å². The summed E-state index contributed by atoms with van der Waals surface area (Å²) in [5, 5.41) is 3.89. The summed E-state index contributed by atoms with van der Waals surface area (Å²) in [7, 11) is 1.57. The fraction of sp³-hybridized carbons (Fsp3) is 0.786. The highest BCUT2D eigenvalue weighted by molar-refractivity contribution is 5.76. The van der Waals surface area contributed by atoms with E-state index in [-0.39, 0.29) is 18.1 Å². The third kappa shape index (κ3) is 3.24. The molecular weight excluding hydrogens is 274 g/mol. The number of methoxy groups -OCH3 is 1. The van der Waals surface area contributed by atoms with E-state index in [1.54, 1.807) is 12.0 Å². The Morgan fingerprint density at radius 3 is 3.05 bits per heavy atom. The molecule has 2 aliphatic rings. The van der Waals surface area contributed by atoms with Gasteiger partial charge in [-0.1, -0.05) is 5.16 Å². The number of hydrogen-bond donors (Lipinski definition) is 0. The molecule has 0 saturated carbocycles. The Kier molecular flexibility index (Phi) is 4.21. The zero-order valence-corrected chi connectivity index (χ0v) is 12.3. The summed E-state index contributed by atoms with van der Waals surface area (Å²) in [6.45, 7) is 2.19. The second kappa shape index (κ2) is 6.11. The van der Waals surface area contributed by atoms with Gasteiger partial charge in [-0.25, -0.2) is 0 Å². The summed E-state index contributed by atoms with van der Waals surface area (Å²) in [5.41, 5.74) is -0.0805. The predicted molar refractivity (Wildman–Crippen MR) is 72.2 cm³/mol. The summed E-state index contributed by atoms with van der Waals surface area (Å²) < 4.78 is 15.9. The van der Waals surface area contributed by atoms with Crippen LogP contribution in [-0.4, -0.2) is 46.8 Å². The number of carbonyl (C=O) groups is 1. The molecule has 1 atom stereocenters. The minimum atomic E-state index is -0.0805. The Hall–Kier alpha value is -1.47. The third-order valence-electron chi connectivity index (χ3n) is 4.28. The summed E-state index contributed by atoms with van der Waals surface area (Å²) in [5.74, 6) is 1.10. The highest BCUT2D eigenvalue weighted by atomic mass is 16.5. The quantitative estimate of drug-likeness (QED) is 0.832. The molecule has 116 valence electrons. The molecule has 0 aliphatic carbocycles. The van der Waals surface area contributed by atoms with Gasteiger partial charge in [-0.2, -0.15) is 4.98 Å². The van der Waals surface area contributed by atoms with Crippen LogP contribution in [0.5, 0.6) is 0 Å². The Morgan fingerprint density at radius 2 is 2.29 bits per heavy atom. The second-order valence-corrected chi connectivity index (χ2v) is 5.74. The van der Waals surface area contributed by atoms with E-state index in [9.17, 15) is 4.79 Å². The Morgan fingerprint density at radius 1 is 1.38 bits per heavy atom. The molecule has 1 spiro atoms. The van der Waals surface area contributed by atoms with Crippen molar-refractivity contribution in [3.63, 3.8) is 0 Å². The highest BCUT2D eigenvalue weighted by Gasteiger charge is 2.38. The Labute approximate surface area is 123 Å². The first kappa shape index (κ1) is 14.5. The summed E-state index contributed by atoms with van der Waals surface area (Å²) >= 11 is 0. The largest absolute Gasteiger partial charge is 0.375 e. The topological polar surface area (TPSA) is 77.7 Å². The average Bonchev–Trinajstić information content (AvgIpc) is 3.08. The van der Waals surface area contributed by atoms with Crippen molar-refractivity contribution in [1.82, 2.24) is 15.0 Å². The normalized spacial score (nSPS) is 26.5. The lowest BCUT2D eigenvalue weighted by Gasteiger charge is -2.26. The minimum absolute atomic E-state index is 0.0805. The maximum Gasteiger partial charge on any atom is 0.252 e. The maximum atomic E-state index is 12.3. The van der Waals surface area contributed by atoms with Gasteiger partial charge >= 0.3 is 0 Å². The van der Waals surface area contributed by atoms with E-state index in [0.29, 0.717) is 31.2 Å². The van der Waals surface area contributed by atoms with Crippen LogP contribution < -0.4 is 0 Å². The lowest BCUT2D eigenvalue weighted by atomic mass is 9.92. The predicted octanol–water partition coefficient (Wildman–Crippen LogP) is 1.28. The van der Waals surface area contributed by atoms with Crippen LogP contribution in [0.3, 0.4) is 0 Å². The Balaban J connectivity index is 1.62. The number of amides is 1. The molecule has 2 saturated heterocycles. The van der Waals surface area contributed by atoms with Crippen molar-refractivity contribution in [1.29, 1.82) is 0 Å². The van der Waals surface area contributed by atoms with E-state index in [0.717, 1.165) is 32.3 Å². The number of rotatable bonds is 4. The van der Waals surface area contributed by atoms with Crippen LogP contribution in [0, 0.1) is 0 Å². The van der Waals surface area contributed by atoms with Gasteiger partial charge in [0, 0.05) is 26.7 Å². The molecule has 3 rings (SSSR count). The first-order valence-electron chi connectivity index (χ1n) is 7.43. The van der Waals surface area contributed by atoms with Crippen molar-refractivity contribution in [2.75, 3.05) is 20.3 Å². The molecule has 1 aromatic heterocycles. The molecule has 1 amide bonds. The number of aromatic nitrogens is 2. The van der Waals surface area contributed by atoms with E-state index in [1.807, 2.05) is 0 Å². The maximum absolute atomic E-state index is 12.3. The first-order chi connectivity index (χ1) is 10.2. The summed E-state index contributed by atoms with van der Waals surface area (Å²) in [4.78, 5) is 18.3. The number of likely N-dealkylation sites (tertiary alicyclic amines) is 1. The smallest absolute Gasteiger partial charge is 0.252 e. The van der Waals surface area contributed by atoms with Gasteiger partial charge in [0.05, 0.1) is 12.1 Å². The molecule has 0 bridgehead atoms. The average molecular weight is 295 g/mol. The second-order valence-electron chi connectivity index (χ2n) is 5.74. The van der Waals surface area contributed by atoms with Crippen LogP contribution in [0.15, 0.2) is 4.52 Å². The molecule has 3 heterocycles. The van der Waals surface area contributed by atoms with E-state index in [2.05, 4.69) is 10.1 Å². The van der Waals surface area contributed by atoms with Crippen LogP contribution in [0.4, 0.5) is 0 Å². The standard InChI is InChI=1S/C14H21N3O4/c1-19-10-12-15-11(16-21-12)9-17-7-6-14(4-2-8-20-14)5-3-13(17)18/h2-10H2,1H3/t14-/m1/s1. The van der Waals surface area contributed by atoms with Crippen molar-refractivity contribution in [3.8, 4) is 0 Å². The van der Waals surface area contributed by atoms with Gasteiger partial charge in [0.25, 0.3) is 5.89 Å². The van der Waals surface area contributed by atoms with Crippen LogP contribution in [0.1, 0.15) is 43.8 Å². The molecule has 2 aliphatic heterocycles. The van der Waals surface area contributed by atoms with Gasteiger partial charge in [-0.05, 0) is 25.7 Å². The van der Waals surface area contributed by atoms with Gasteiger partial charge < -0.3 is 18.9 Å². The van der Waals surface area contributed by atoms with Gasteiger partial charge in [0.2, 0.25) is 5.91 Å². The zero-order valence-electron chi connectivity index (χ0n) is 12.3. The summed E-state index contributed by atoms with van der Waals surface area (Å²) in [6.07, 6.45) is 4.40. The molecule has 7 nitrogen and oxygen atoms in total. The van der Waals surface area contributed by atoms with Crippen LogP contribution >= 0.6 is 0 Å². The lowest BCUT2D eigenvalue weighted by molar-refractivity contribution is -0.131.